The molecule has 4 heteroatoms. The van der Waals surface area contributed by atoms with Crippen molar-refractivity contribution < 1.29 is 0 Å². The molecular formula is C15H22N4. The fourth-order valence-electron chi connectivity index (χ4n) is 2.13. The van der Waals surface area contributed by atoms with E-state index in [2.05, 4.69) is 54.4 Å². The van der Waals surface area contributed by atoms with Crippen LogP contribution < -0.4 is 5.32 Å². The highest BCUT2D eigenvalue weighted by atomic mass is 15.3. The normalized spacial score (nSPS) is 12.6. The van der Waals surface area contributed by atoms with Gasteiger partial charge in [-0.3, -0.25) is 4.98 Å². The molecular weight excluding hydrogens is 236 g/mol. The van der Waals surface area contributed by atoms with Gasteiger partial charge in [0, 0.05) is 11.7 Å². The third-order valence-electron chi connectivity index (χ3n) is 3.17. The number of rotatable bonds is 5. The quantitative estimate of drug-likeness (QED) is 0.896. The van der Waals surface area contributed by atoms with Crippen LogP contribution in [0.3, 0.4) is 0 Å². The molecule has 0 saturated carbocycles. The van der Waals surface area contributed by atoms with Gasteiger partial charge in [-0.25, -0.2) is 4.68 Å². The molecule has 0 aliphatic heterocycles. The van der Waals surface area contributed by atoms with Gasteiger partial charge in [0.15, 0.2) is 0 Å². The average molecular weight is 258 g/mol. The Labute approximate surface area is 114 Å². The first-order valence-corrected chi connectivity index (χ1v) is 6.84. The predicted molar refractivity (Wildman–Crippen MR) is 77.5 cm³/mol. The molecule has 2 rings (SSSR count). The summed E-state index contributed by atoms with van der Waals surface area (Å²) in [5, 5.41) is 7.90. The lowest BCUT2D eigenvalue weighted by Crippen LogP contribution is -2.20. The Hall–Kier alpha value is -1.68. The second kappa shape index (κ2) is 5.97. The number of aryl methyl sites for hydroxylation is 2. The third-order valence-corrected chi connectivity index (χ3v) is 3.17. The van der Waals surface area contributed by atoms with Crippen molar-refractivity contribution in [3.8, 4) is 5.69 Å². The van der Waals surface area contributed by atoms with Crippen LogP contribution in [0.25, 0.3) is 5.69 Å². The molecule has 102 valence electrons. The predicted octanol–water partition coefficient (Wildman–Crippen LogP) is 2.94. The lowest BCUT2D eigenvalue weighted by Gasteiger charge is -2.13. The standard InChI is InChI=1S/C15H22N4/c1-5-8-16-13(4)15-7-6-14(10-17-15)19-12(3)9-11(2)18-19/h6-7,9-10,13,16H,5,8H2,1-4H3. The van der Waals surface area contributed by atoms with Crippen LogP contribution >= 0.6 is 0 Å². The molecule has 19 heavy (non-hydrogen) atoms. The zero-order valence-electron chi connectivity index (χ0n) is 12.1. The number of pyridine rings is 1. The van der Waals surface area contributed by atoms with Crippen molar-refractivity contribution in [2.45, 2.75) is 40.2 Å². The lowest BCUT2D eigenvalue weighted by molar-refractivity contribution is 0.558. The molecule has 2 heterocycles. The highest BCUT2D eigenvalue weighted by molar-refractivity contribution is 5.32. The fourth-order valence-corrected chi connectivity index (χ4v) is 2.13. The first kappa shape index (κ1) is 13.7. The van der Waals surface area contributed by atoms with E-state index < -0.39 is 0 Å². The Morgan fingerprint density at radius 1 is 1.32 bits per heavy atom. The Morgan fingerprint density at radius 3 is 2.63 bits per heavy atom. The monoisotopic (exact) mass is 258 g/mol. The number of hydrogen-bond acceptors (Lipinski definition) is 3. The lowest BCUT2D eigenvalue weighted by atomic mass is 10.2. The van der Waals surface area contributed by atoms with E-state index in [4.69, 9.17) is 0 Å². The van der Waals surface area contributed by atoms with E-state index in [1.54, 1.807) is 0 Å². The highest BCUT2D eigenvalue weighted by Gasteiger charge is 2.07. The topological polar surface area (TPSA) is 42.7 Å². The minimum absolute atomic E-state index is 0.287. The smallest absolute Gasteiger partial charge is 0.0832 e. The van der Waals surface area contributed by atoms with Crippen molar-refractivity contribution in [3.63, 3.8) is 0 Å². The van der Waals surface area contributed by atoms with Crippen LogP contribution in [0.4, 0.5) is 0 Å². The van der Waals surface area contributed by atoms with Crippen LogP contribution in [0, 0.1) is 13.8 Å². The molecule has 2 aromatic rings. The molecule has 0 saturated heterocycles. The first-order valence-electron chi connectivity index (χ1n) is 6.84. The van der Waals surface area contributed by atoms with Crippen molar-refractivity contribution >= 4 is 0 Å². The second-order valence-electron chi connectivity index (χ2n) is 4.96. The van der Waals surface area contributed by atoms with E-state index in [-0.39, 0.29) is 6.04 Å². The largest absolute Gasteiger partial charge is 0.309 e. The van der Waals surface area contributed by atoms with Gasteiger partial charge in [-0.05, 0) is 51.9 Å². The third kappa shape index (κ3) is 3.20. The summed E-state index contributed by atoms with van der Waals surface area (Å²) in [5.74, 6) is 0. The molecule has 0 radical (unpaired) electrons. The summed E-state index contributed by atoms with van der Waals surface area (Å²) in [7, 11) is 0. The maximum atomic E-state index is 4.53. The van der Waals surface area contributed by atoms with E-state index >= 15 is 0 Å². The molecule has 0 aliphatic rings. The summed E-state index contributed by atoms with van der Waals surface area (Å²) in [4.78, 5) is 4.53. The van der Waals surface area contributed by atoms with Crippen LogP contribution in [-0.2, 0) is 0 Å². The van der Waals surface area contributed by atoms with Crippen molar-refractivity contribution in [2.75, 3.05) is 6.54 Å². The number of aromatic nitrogens is 3. The first-order chi connectivity index (χ1) is 9.11. The Morgan fingerprint density at radius 2 is 2.11 bits per heavy atom. The molecule has 1 atom stereocenters. The van der Waals surface area contributed by atoms with Gasteiger partial charge in [0.05, 0.1) is 23.3 Å². The molecule has 0 aromatic carbocycles. The van der Waals surface area contributed by atoms with Gasteiger partial charge < -0.3 is 5.32 Å². The van der Waals surface area contributed by atoms with Gasteiger partial charge in [0.25, 0.3) is 0 Å². The molecule has 0 fully saturated rings. The van der Waals surface area contributed by atoms with Crippen molar-refractivity contribution in [3.05, 3.63) is 41.5 Å². The maximum Gasteiger partial charge on any atom is 0.0832 e. The van der Waals surface area contributed by atoms with Gasteiger partial charge in [-0.15, -0.1) is 0 Å². The average Bonchev–Trinajstić information content (AvgIpc) is 2.75. The number of hydrogen-bond donors (Lipinski definition) is 1. The summed E-state index contributed by atoms with van der Waals surface area (Å²) in [6.07, 6.45) is 3.02. The summed E-state index contributed by atoms with van der Waals surface area (Å²) < 4.78 is 1.93. The van der Waals surface area contributed by atoms with Crippen LogP contribution in [0.1, 0.15) is 43.4 Å². The molecule has 2 aromatic heterocycles. The molecule has 1 unspecified atom stereocenters. The van der Waals surface area contributed by atoms with Gasteiger partial charge in [0.2, 0.25) is 0 Å². The van der Waals surface area contributed by atoms with Crippen molar-refractivity contribution in [1.82, 2.24) is 20.1 Å². The van der Waals surface area contributed by atoms with E-state index in [9.17, 15) is 0 Å². The Bertz CT molecular complexity index is 528. The zero-order chi connectivity index (χ0) is 13.8. The maximum absolute atomic E-state index is 4.53. The van der Waals surface area contributed by atoms with E-state index in [0.29, 0.717) is 0 Å². The van der Waals surface area contributed by atoms with E-state index in [0.717, 1.165) is 35.7 Å². The molecule has 0 aliphatic carbocycles. The minimum Gasteiger partial charge on any atom is -0.309 e. The summed E-state index contributed by atoms with van der Waals surface area (Å²) >= 11 is 0. The van der Waals surface area contributed by atoms with Gasteiger partial charge in [-0.1, -0.05) is 6.92 Å². The van der Waals surface area contributed by atoms with Crippen LogP contribution in [0.5, 0.6) is 0 Å². The summed E-state index contributed by atoms with van der Waals surface area (Å²) in [6.45, 7) is 9.38. The van der Waals surface area contributed by atoms with E-state index in [1.165, 1.54) is 0 Å². The zero-order valence-corrected chi connectivity index (χ0v) is 12.1. The highest BCUT2D eigenvalue weighted by Crippen LogP contribution is 2.14. The number of nitrogens with one attached hydrogen (secondary N) is 1. The molecule has 0 bridgehead atoms. The summed E-state index contributed by atoms with van der Waals surface area (Å²) in [5.41, 5.74) is 4.24. The Balaban J connectivity index is 2.16. The van der Waals surface area contributed by atoms with Crippen LogP contribution in [0.15, 0.2) is 24.4 Å². The van der Waals surface area contributed by atoms with Crippen molar-refractivity contribution in [2.24, 2.45) is 0 Å². The van der Waals surface area contributed by atoms with Gasteiger partial charge in [0.1, 0.15) is 0 Å². The number of nitrogens with zero attached hydrogens (tertiary/aromatic N) is 3. The second-order valence-corrected chi connectivity index (χ2v) is 4.96. The minimum atomic E-state index is 0.287. The molecule has 0 amide bonds. The van der Waals surface area contributed by atoms with Crippen LogP contribution in [0.2, 0.25) is 0 Å². The van der Waals surface area contributed by atoms with Gasteiger partial charge >= 0.3 is 0 Å². The molecule has 0 spiro atoms. The SMILES string of the molecule is CCCNC(C)c1ccc(-n2nc(C)cc2C)cn1. The van der Waals surface area contributed by atoms with Gasteiger partial charge in [-0.2, -0.15) is 5.10 Å². The van der Waals surface area contributed by atoms with Crippen LogP contribution in [-0.4, -0.2) is 21.3 Å². The Kier molecular flexibility index (Phi) is 4.32. The molecule has 1 N–H and O–H groups in total. The van der Waals surface area contributed by atoms with Crippen molar-refractivity contribution in [1.29, 1.82) is 0 Å². The summed E-state index contributed by atoms with van der Waals surface area (Å²) in [6, 6.07) is 6.50. The fraction of sp³-hybridized carbons (Fsp3) is 0.467. The van der Waals surface area contributed by atoms with E-state index in [1.807, 2.05) is 17.8 Å². The molecule has 4 nitrogen and oxygen atoms in total.